The third-order valence-electron chi connectivity index (χ3n) is 3.96. The molecule has 0 amide bonds. The molecule has 3 aromatic rings. The summed E-state index contributed by atoms with van der Waals surface area (Å²) in [6, 6.07) is 7.63. The summed E-state index contributed by atoms with van der Waals surface area (Å²) in [7, 11) is 0. The molecule has 0 fully saturated rings. The molecule has 0 unspecified atom stereocenters. The van der Waals surface area contributed by atoms with Gasteiger partial charge in [-0.25, -0.2) is 4.98 Å². The summed E-state index contributed by atoms with van der Waals surface area (Å²) >= 11 is 0. The summed E-state index contributed by atoms with van der Waals surface area (Å²) in [6.45, 7) is 7.65. The van der Waals surface area contributed by atoms with Crippen LogP contribution in [-0.4, -0.2) is 19.6 Å². The summed E-state index contributed by atoms with van der Waals surface area (Å²) in [5.41, 5.74) is 3.84. The molecule has 0 bridgehead atoms. The van der Waals surface area contributed by atoms with Gasteiger partial charge in [-0.2, -0.15) is 22.7 Å². The van der Waals surface area contributed by atoms with Crippen molar-refractivity contribution in [3.05, 3.63) is 52.5 Å². The van der Waals surface area contributed by atoms with E-state index in [1.807, 2.05) is 32.9 Å². The highest BCUT2D eigenvalue weighted by molar-refractivity contribution is 5.48. The average molecular weight is 349 g/mol. The van der Waals surface area contributed by atoms with Gasteiger partial charge in [0, 0.05) is 11.8 Å². The lowest BCUT2D eigenvalue weighted by molar-refractivity contribution is -0.144. The standard InChI is InChI=1S/C17H18F3N5/c1-9-5-6-10(2)13(7-9)12(4)22-14-8-11(3)21-16-23-15(17(18,19)20)24-25(14)16/h5-8,12,22H,1-4H3/t12-/m1/s1. The predicted molar refractivity (Wildman–Crippen MR) is 88.5 cm³/mol. The van der Waals surface area contributed by atoms with Crippen molar-refractivity contribution >= 4 is 11.6 Å². The van der Waals surface area contributed by atoms with Crippen molar-refractivity contribution in [2.45, 2.75) is 39.9 Å². The first-order valence-electron chi connectivity index (χ1n) is 7.80. The number of benzene rings is 1. The summed E-state index contributed by atoms with van der Waals surface area (Å²) in [5.74, 6) is -0.866. The van der Waals surface area contributed by atoms with Gasteiger partial charge < -0.3 is 5.32 Å². The lowest BCUT2D eigenvalue weighted by Gasteiger charge is -2.19. The van der Waals surface area contributed by atoms with E-state index < -0.39 is 12.0 Å². The Hall–Kier alpha value is -2.64. The average Bonchev–Trinajstić information content (AvgIpc) is 2.93. The van der Waals surface area contributed by atoms with Gasteiger partial charge in [-0.05, 0) is 38.8 Å². The van der Waals surface area contributed by atoms with Crippen LogP contribution in [0.15, 0.2) is 24.3 Å². The van der Waals surface area contributed by atoms with Gasteiger partial charge in [-0.1, -0.05) is 23.8 Å². The van der Waals surface area contributed by atoms with E-state index in [0.29, 0.717) is 11.5 Å². The minimum absolute atomic E-state index is 0.0806. The molecule has 0 saturated heterocycles. The number of fused-ring (bicyclic) bond motifs is 1. The van der Waals surface area contributed by atoms with Gasteiger partial charge in [-0.15, -0.1) is 5.10 Å². The maximum Gasteiger partial charge on any atom is 0.453 e. The second kappa shape index (κ2) is 6.02. The Kier molecular flexibility index (Phi) is 4.14. The van der Waals surface area contributed by atoms with Gasteiger partial charge in [0.15, 0.2) is 0 Å². The highest BCUT2D eigenvalue weighted by Crippen LogP contribution is 2.28. The number of anilines is 1. The monoisotopic (exact) mass is 349 g/mol. The summed E-state index contributed by atoms with van der Waals surface area (Å²) in [5, 5.41) is 6.80. The lowest BCUT2D eigenvalue weighted by Crippen LogP contribution is -2.13. The largest absolute Gasteiger partial charge is 0.453 e. The Morgan fingerprint density at radius 2 is 1.80 bits per heavy atom. The molecule has 25 heavy (non-hydrogen) atoms. The SMILES string of the molecule is Cc1ccc(C)c([C@@H](C)Nc2cc(C)nc3nc(C(F)(F)F)nn23)c1. The number of aryl methyl sites for hydroxylation is 3. The highest BCUT2D eigenvalue weighted by atomic mass is 19.4. The van der Waals surface area contributed by atoms with Gasteiger partial charge in [-0.3, -0.25) is 0 Å². The number of aromatic nitrogens is 4. The summed E-state index contributed by atoms with van der Waals surface area (Å²) < 4.78 is 39.8. The van der Waals surface area contributed by atoms with Crippen molar-refractivity contribution in [2.24, 2.45) is 0 Å². The van der Waals surface area contributed by atoms with Gasteiger partial charge in [0.2, 0.25) is 0 Å². The van der Waals surface area contributed by atoms with Crippen molar-refractivity contribution in [1.82, 2.24) is 19.6 Å². The van der Waals surface area contributed by atoms with Crippen molar-refractivity contribution in [3.63, 3.8) is 0 Å². The molecule has 0 aliphatic rings. The minimum atomic E-state index is -4.61. The predicted octanol–water partition coefficient (Wildman–Crippen LogP) is 4.24. The summed E-state index contributed by atoms with van der Waals surface area (Å²) in [6.07, 6.45) is -4.61. The third-order valence-corrected chi connectivity index (χ3v) is 3.96. The molecule has 8 heteroatoms. The lowest BCUT2D eigenvalue weighted by atomic mass is 10.00. The fourth-order valence-electron chi connectivity index (χ4n) is 2.74. The number of alkyl halides is 3. The van der Waals surface area contributed by atoms with Crippen molar-refractivity contribution < 1.29 is 13.2 Å². The first-order chi connectivity index (χ1) is 11.6. The van der Waals surface area contributed by atoms with Crippen LogP contribution in [0, 0.1) is 20.8 Å². The number of hydrogen-bond donors (Lipinski definition) is 1. The van der Waals surface area contributed by atoms with E-state index in [9.17, 15) is 13.2 Å². The quantitative estimate of drug-likeness (QED) is 0.768. The van der Waals surface area contributed by atoms with E-state index >= 15 is 0 Å². The van der Waals surface area contributed by atoms with Crippen LogP contribution in [0.4, 0.5) is 19.0 Å². The van der Waals surface area contributed by atoms with E-state index in [-0.39, 0.29) is 11.8 Å². The molecule has 132 valence electrons. The van der Waals surface area contributed by atoms with Crippen molar-refractivity contribution in [1.29, 1.82) is 0 Å². The van der Waals surface area contributed by atoms with Crippen LogP contribution in [-0.2, 0) is 6.18 Å². The molecule has 5 nitrogen and oxygen atoms in total. The Morgan fingerprint density at radius 3 is 2.48 bits per heavy atom. The second-order valence-electron chi connectivity index (χ2n) is 6.15. The fraction of sp³-hybridized carbons (Fsp3) is 0.353. The highest BCUT2D eigenvalue weighted by Gasteiger charge is 2.36. The van der Waals surface area contributed by atoms with Crippen LogP contribution < -0.4 is 5.32 Å². The summed E-state index contributed by atoms with van der Waals surface area (Å²) in [4.78, 5) is 7.52. The van der Waals surface area contributed by atoms with E-state index in [0.717, 1.165) is 21.2 Å². The molecular weight excluding hydrogens is 331 g/mol. The van der Waals surface area contributed by atoms with E-state index in [4.69, 9.17) is 0 Å². The van der Waals surface area contributed by atoms with E-state index in [2.05, 4.69) is 26.4 Å². The van der Waals surface area contributed by atoms with Crippen molar-refractivity contribution in [2.75, 3.05) is 5.32 Å². The molecule has 1 atom stereocenters. The third kappa shape index (κ3) is 3.42. The van der Waals surface area contributed by atoms with Crippen LogP contribution in [0.5, 0.6) is 0 Å². The molecule has 2 heterocycles. The molecule has 1 N–H and O–H groups in total. The molecule has 1 aromatic carbocycles. The van der Waals surface area contributed by atoms with Crippen LogP contribution in [0.1, 0.15) is 41.2 Å². The number of hydrogen-bond acceptors (Lipinski definition) is 4. The van der Waals surface area contributed by atoms with Crippen LogP contribution in [0.3, 0.4) is 0 Å². The smallest absolute Gasteiger partial charge is 0.363 e. The van der Waals surface area contributed by atoms with Gasteiger partial charge in [0.1, 0.15) is 5.82 Å². The Morgan fingerprint density at radius 1 is 1.08 bits per heavy atom. The van der Waals surface area contributed by atoms with Crippen LogP contribution in [0.25, 0.3) is 5.78 Å². The van der Waals surface area contributed by atoms with E-state index in [1.54, 1.807) is 13.0 Å². The second-order valence-corrected chi connectivity index (χ2v) is 6.15. The van der Waals surface area contributed by atoms with Crippen LogP contribution >= 0.6 is 0 Å². The normalized spacial score (nSPS) is 13.2. The minimum Gasteiger partial charge on any atom is -0.363 e. The zero-order chi connectivity index (χ0) is 18.4. The maximum absolute atomic E-state index is 12.9. The Balaban J connectivity index is 2.03. The molecule has 0 spiro atoms. The molecule has 2 aromatic heterocycles. The van der Waals surface area contributed by atoms with Crippen molar-refractivity contribution in [3.8, 4) is 0 Å². The maximum atomic E-state index is 12.9. The van der Waals surface area contributed by atoms with Crippen LogP contribution in [0.2, 0.25) is 0 Å². The number of nitrogens with zero attached hydrogens (tertiary/aromatic N) is 4. The number of rotatable bonds is 3. The Bertz CT molecular complexity index is 930. The first-order valence-corrected chi connectivity index (χ1v) is 7.80. The first kappa shape index (κ1) is 17.2. The molecule has 0 aliphatic carbocycles. The number of halogens is 3. The molecular formula is C17H18F3N5. The topological polar surface area (TPSA) is 55.1 Å². The van der Waals surface area contributed by atoms with E-state index in [1.165, 1.54) is 0 Å². The molecule has 0 saturated carbocycles. The van der Waals surface area contributed by atoms with Gasteiger partial charge in [0.25, 0.3) is 11.6 Å². The van der Waals surface area contributed by atoms with Gasteiger partial charge >= 0.3 is 6.18 Å². The fourth-order valence-corrected chi connectivity index (χ4v) is 2.74. The van der Waals surface area contributed by atoms with Gasteiger partial charge in [0.05, 0.1) is 6.04 Å². The molecule has 0 radical (unpaired) electrons. The molecule has 3 rings (SSSR count). The Labute approximate surface area is 142 Å². The zero-order valence-electron chi connectivity index (χ0n) is 14.3. The number of nitrogens with one attached hydrogen (secondary N) is 1. The zero-order valence-corrected chi connectivity index (χ0v) is 14.3. The molecule has 0 aliphatic heterocycles.